The molecule has 0 aliphatic rings. The minimum absolute atomic E-state index is 0.176. The Labute approximate surface area is 169 Å². The van der Waals surface area contributed by atoms with E-state index in [1.165, 1.54) is 0 Å². The smallest absolute Gasteiger partial charge is 0.167 e. The van der Waals surface area contributed by atoms with Gasteiger partial charge in [0.1, 0.15) is 0 Å². The van der Waals surface area contributed by atoms with Crippen molar-refractivity contribution < 1.29 is 8.78 Å². The molecule has 0 heterocycles. The molecule has 4 aromatic carbocycles. The van der Waals surface area contributed by atoms with Crippen LogP contribution >= 0.6 is 15.9 Å². The third kappa shape index (κ3) is 3.08. The topological polar surface area (TPSA) is 23.8 Å². The maximum Gasteiger partial charge on any atom is 0.167 e. The summed E-state index contributed by atoms with van der Waals surface area (Å²) < 4.78 is 30.3. The summed E-state index contributed by atoms with van der Waals surface area (Å²) in [6.45, 7) is 1.97. The third-order valence-corrected chi connectivity index (χ3v) is 5.92. The number of benzene rings is 4. The van der Waals surface area contributed by atoms with Gasteiger partial charge in [0.05, 0.1) is 11.6 Å². The summed E-state index contributed by atoms with van der Waals surface area (Å²) in [5.74, 6) is -1.74. The lowest BCUT2D eigenvalue weighted by molar-refractivity contribution is 0.515. The zero-order valence-corrected chi connectivity index (χ0v) is 16.5. The largest absolute Gasteiger partial charge is 0.203 e. The highest BCUT2D eigenvalue weighted by atomic mass is 79.9. The van der Waals surface area contributed by atoms with Gasteiger partial charge in [0.25, 0.3) is 0 Å². The van der Waals surface area contributed by atoms with Crippen LogP contribution in [0.25, 0.3) is 33.7 Å². The molecule has 0 aliphatic heterocycles. The van der Waals surface area contributed by atoms with Crippen LogP contribution in [0.4, 0.5) is 8.78 Å². The first-order chi connectivity index (χ1) is 13.5. The third-order valence-electron chi connectivity index (χ3n) is 4.84. The predicted molar refractivity (Wildman–Crippen MR) is 114 cm³/mol. The lowest BCUT2D eigenvalue weighted by Gasteiger charge is -2.09. The Hall–Kier alpha value is -3.03. The highest BCUT2D eigenvalue weighted by Crippen LogP contribution is 2.32. The fourth-order valence-electron chi connectivity index (χ4n) is 3.33. The molecule has 0 bridgehead atoms. The number of nitrogens with zero attached hydrogens (tertiary/aromatic N) is 1. The number of hydrogen-bond donors (Lipinski definition) is 0. The van der Waals surface area contributed by atoms with Crippen LogP contribution in [0.3, 0.4) is 0 Å². The van der Waals surface area contributed by atoms with Gasteiger partial charge in [-0.2, -0.15) is 5.26 Å². The van der Waals surface area contributed by atoms with Crippen LogP contribution in [0.1, 0.15) is 22.3 Å². The molecule has 0 N–H and O–H groups in total. The predicted octanol–water partition coefficient (Wildman–Crippen LogP) is 7.38. The molecule has 136 valence electrons. The number of fused-ring (bicyclic) bond motifs is 3. The molecule has 0 fully saturated rings. The lowest BCUT2D eigenvalue weighted by atomic mass is 9.97. The minimum atomic E-state index is -0.875. The van der Waals surface area contributed by atoms with Crippen molar-refractivity contribution >= 4 is 49.6 Å². The van der Waals surface area contributed by atoms with Gasteiger partial charge in [0.2, 0.25) is 0 Å². The van der Waals surface area contributed by atoms with E-state index in [0.717, 1.165) is 26.4 Å². The summed E-state index contributed by atoms with van der Waals surface area (Å²) in [6, 6.07) is 18.0. The summed E-state index contributed by atoms with van der Waals surface area (Å²) >= 11 is 3.53. The Morgan fingerprint density at radius 1 is 0.857 bits per heavy atom. The van der Waals surface area contributed by atoms with E-state index in [2.05, 4.69) is 22.0 Å². The Bertz CT molecular complexity index is 1320. The molecule has 4 aromatic rings. The molecular weight excluding hydrogens is 420 g/mol. The zero-order chi connectivity index (χ0) is 19.8. The fourth-order valence-corrected chi connectivity index (χ4v) is 3.73. The minimum Gasteiger partial charge on any atom is -0.203 e. The van der Waals surface area contributed by atoms with E-state index in [1.807, 2.05) is 25.1 Å². The highest BCUT2D eigenvalue weighted by Gasteiger charge is 2.14. The maximum absolute atomic E-state index is 14.7. The van der Waals surface area contributed by atoms with Gasteiger partial charge in [0, 0.05) is 15.4 Å². The van der Waals surface area contributed by atoms with Crippen molar-refractivity contribution in [3.8, 4) is 6.07 Å². The van der Waals surface area contributed by atoms with E-state index in [9.17, 15) is 8.78 Å². The number of aryl methyl sites for hydroxylation is 1. The molecule has 0 aliphatic carbocycles. The Morgan fingerprint density at radius 3 is 2.39 bits per heavy atom. The molecule has 0 spiro atoms. The van der Waals surface area contributed by atoms with Gasteiger partial charge >= 0.3 is 0 Å². The quantitative estimate of drug-likeness (QED) is 0.239. The second kappa shape index (κ2) is 7.18. The SMILES string of the molecule is Cc1cccc(/C=C\c2cc3c(ccc4cc(C#N)ccc43)c(F)c2F)c1Br. The highest BCUT2D eigenvalue weighted by molar-refractivity contribution is 9.10. The molecule has 28 heavy (non-hydrogen) atoms. The second-order valence-electron chi connectivity index (χ2n) is 6.61. The second-order valence-corrected chi connectivity index (χ2v) is 7.41. The van der Waals surface area contributed by atoms with Gasteiger partial charge in [0.15, 0.2) is 11.6 Å². The van der Waals surface area contributed by atoms with E-state index in [4.69, 9.17) is 5.26 Å². The van der Waals surface area contributed by atoms with Crippen LogP contribution in [0.5, 0.6) is 0 Å². The number of hydrogen-bond acceptors (Lipinski definition) is 1. The van der Waals surface area contributed by atoms with Gasteiger partial charge in [-0.1, -0.05) is 48.6 Å². The van der Waals surface area contributed by atoms with E-state index in [-0.39, 0.29) is 10.9 Å². The van der Waals surface area contributed by atoms with Gasteiger partial charge in [-0.3, -0.25) is 0 Å². The van der Waals surface area contributed by atoms with Crippen LogP contribution in [0.15, 0.2) is 59.1 Å². The number of rotatable bonds is 2. The van der Waals surface area contributed by atoms with Crippen molar-refractivity contribution in [3.05, 3.63) is 93.0 Å². The summed E-state index contributed by atoms with van der Waals surface area (Å²) in [7, 11) is 0. The van der Waals surface area contributed by atoms with Gasteiger partial charge in [-0.25, -0.2) is 8.78 Å². The molecule has 0 aromatic heterocycles. The van der Waals surface area contributed by atoms with Gasteiger partial charge < -0.3 is 0 Å². The molecule has 0 radical (unpaired) electrons. The van der Waals surface area contributed by atoms with E-state index >= 15 is 0 Å². The van der Waals surface area contributed by atoms with Gasteiger partial charge in [-0.15, -0.1) is 0 Å². The summed E-state index contributed by atoms with van der Waals surface area (Å²) in [5, 5.41) is 11.5. The average molecular weight is 434 g/mol. The average Bonchev–Trinajstić information content (AvgIpc) is 2.71. The van der Waals surface area contributed by atoms with Gasteiger partial charge in [-0.05, 0) is 68.3 Å². The Kier molecular flexibility index (Phi) is 4.70. The summed E-state index contributed by atoms with van der Waals surface area (Å²) in [5.41, 5.74) is 2.65. The van der Waals surface area contributed by atoms with Crippen LogP contribution in [-0.2, 0) is 0 Å². The standard InChI is InChI=1S/C24H14BrF2N/c1-14-3-2-4-16(22(14)25)6-7-18-12-21-19-9-5-15(13-28)11-17(19)8-10-20(21)24(27)23(18)26/h2-12H,1H3/b7-6-. The van der Waals surface area contributed by atoms with Crippen LogP contribution in [0, 0.1) is 29.9 Å². The van der Waals surface area contributed by atoms with Crippen molar-refractivity contribution in [2.75, 3.05) is 0 Å². The molecule has 0 saturated heterocycles. The number of nitriles is 1. The molecule has 0 saturated carbocycles. The monoisotopic (exact) mass is 433 g/mol. The molecule has 0 amide bonds. The fraction of sp³-hybridized carbons (Fsp3) is 0.0417. The van der Waals surface area contributed by atoms with Crippen LogP contribution < -0.4 is 0 Å². The van der Waals surface area contributed by atoms with Crippen LogP contribution in [0.2, 0.25) is 0 Å². The molecule has 1 nitrogen and oxygen atoms in total. The van der Waals surface area contributed by atoms with Crippen molar-refractivity contribution in [1.29, 1.82) is 5.26 Å². The number of halogens is 3. The van der Waals surface area contributed by atoms with Crippen LogP contribution in [-0.4, -0.2) is 0 Å². The van der Waals surface area contributed by atoms with Crippen molar-refractivity contribution in [1.82, 2.24) is 0 Å². The molecule has 4 rings (SSSR count). The van der Waals surface area contributed by atoms with E-state index in [0.29, 0.717) is 10.9 Å². The molecule has 4 heteroatoms. The first-order valence-corrected chi connectivity index (χ1v) is 9.46. The van der Waals surface area contributed by atoms with E-state index in [1.54, 1.807) is 48.6 Å². The molecule has 0 unspecified atom stereocenters. The van der Waals surface area contributed by atoms with Crippen molar-refractivity contribution in [2.24, 2.45) is 0 Å². The van der Waals surface area contributed by atoms with Crippen molar-refractivity contribution in [3.63, 3.8) is 0 Å². The van der Waals surface area contributed by atoms with Crippen molar-refractivity contribution in [2.45, 2.75) is 6.92 Å². The molecular formula is C24H14BrF2N. The first-order valence-electron chi connectivity index (χ1n) is 8.67. The Morgan fingerprint density at radius 2 is 1.61 bits per heavy atom. The maximum atomic E-state index is 14.7. The first kappa shape index (κ1) is 18.3. The Balaban J connectivity index is 1.92. The zero-order valence-electron chi connectivity index (χ0n) is 14.9. The normalized spacial score (nSPS) is 11.4. The molecule has 0 atom stereocenters. The van der Waals surface area contributed by atoms with E-state index < -0.39 is 11.6 Å². The lowest BCUT2D eigenvalue weighted by Crippen LogP contribution is -1.92. The summed E-state index contributed by atoms with van der Waals surface area (Å²) in [4.78, 5) is 0. The summed E-state index contributed by atoms with van der Waals surface area (Å²) in [6.07, 6.45) is 3.35.